The van der Waals surface area contributed by atoms with Gasteiger partial charge in [-0.25, -0.2) is 4.39 Å². The molecule has 7 heteroatoms. The molecule has 0 spiro atoms. The Kier molecular flexibility index (Phi) is 7.39. The molecule has 0 aromatic heterocycles. The lowest BCUT2D eigenvalue weighted by Crippen LogP contribution is -2.37. The largest absolute Gasteiger partial charge is 0.337 e. The number of carbonyl (C=O) groups excluding carboxylic acids is 2. The average molecular weight is 419 g/mol. The highest BCUT2D eigenvalue weighted by Gasteiger charge is 2.19. The SMILES string of the molecule is Cc1cc(C(=O)N2CCSCC2)ccc1NC(=O)CCSc1ccccc1F. The number of hydrogen-bond acceptors (Lipinski definition) is 4. The second kappa shape index (κ2) is 9.98. The van der Waals surface area contributed by atoms with Crippen LogP contribution in [0.3, 0.4) is 0 Å². The number of amides is 2. The molecule has 2 amide bonds. The molecule has 0 unspecified atom stereocenters. The van der Waals surface area contributed by atoms with Crippen LogP contribution in [-0.2, 0) is 4.79 Å². The fraction of sp³-hybridized carbons (Fsp3) is 0.333. The zero-order chi connectivity index (χ0) is 19.9. The number of hydrogen-bond donors (Lipinski definition) is 1. The Bertz CT molecular complexity index is 854. The number of rotatable bonds is 6. The molecule has 0 atom stereocenters. The van der Waals surface area contributed by atoms with E-state index in [9.17, 15) is 14.0 Å². The third-order valence-electron chi connectivity index (χ3n) is 4.47. The third kappa shape index (κ3) is 5.52. The summed E-state index contributed by atoms with van der Waals surface area (Å²) in [5.74, 6) is 2.10. The van der Waals surface area contributed by atoms with Crippen molar-refractivity contribution < 1.29 is 14.0 Å². The Morgan fingerprint density at radius 2 is 1.93 bits per heavy atom. The number of benzene rings is 2. The van der Waals surface area contributed by atoms with Gasteiger partial charge in [-0.3, -0.25) is 9.59 Å². The Morgan fingerprint density at radius 3 is 2.64 bits per heavy atom. The maximum Gasteiger partial charge on any atom is 0.253 e. The maximum absolute atomic E-state index is 13.6. The Balaban J connectivity index is 1.53. The molecule has 2 aromatic carbocycles. The Hall–Kier alpha value is -1.99. The molecular formula is C21H23FN2O2S2. The number of aryl methyl sites for hydroxylation is 1. The number of nitrogens with one attached hydrogen (secondary N) is 1. The van der Waals surface area contributed by atoms with Gasteiger partial charge in [-0.15, -0.1) is 11.8 Å². The first-order valence-corrected chi connectivity index (χ1v) is 11.3. The van der Waals surface area contributed by atoms with Crippen LogP contribution in [0.25, 0.3) is 0 Å². The second-order valence-electron chi connectivity index (χ2n) is 6.51. The van der Waals surface area contributed by atoms with Crippen LogP contribution in [0.4, 0.5) is 10.1 Å². The first-order valence-electron chi connectivity index (χ1n) is 9.19. The lowest BCUT2D eigenvalue weighted by Gasteiger charge is -2.26. The average Bonchev–Trinajstić information content (AvgIpc) is 2.71. The zero-order valence-corrected chi connectivity index (χ0v) is 17.4. The Morgan fingerprint density at radius 1 is 1.18 bits per heavy atom. The summed E-state index contributed by atoms with van der Waals surface area (Å²) >= 11 is 3.19. The molecule has 0 aliphatic carbocycles. The summed E-state index contributed by atoms with van der Waals surface area (Å²) in [5, 5.41) is 2.88. The maximum atomic E-state index is 13.6. The summed E-state index contributed by atoms with van der Waals surface area (Å²) in [7, 11) is 0. The minimum Gasteiger partial charge on any atom is -0.337 e. The van der Waals surface area contributed by atoms with Gasteiger partial charge >= 0.3 is 0 Å². The van der Waals surface area contributed by atoms with Gasteiger partial charge in [-0.1, -0.05) is 12.1 Å². The van der Waals surface area contributed by atoms with Crippen molar-refractivity contribution in [1.82, 2.24) is 4.90 Å². The van der Waals surface area contributed by atoms with Gasteiger partial charge in [0.05, 0.1) is 0 Å². The zero-order valence-electron chi connectivity index (χ0n) is 15.7. The summed E-state index contributed by atoms with van der Waals surface area (Å²) < 4.78 is 13.6. The number of nitrogens with zero attached hydrogens (tertiary/aromatic N) is 1. The van der Waals surface area contributed by atoms with E-state index in [-0.39, 0.29) is 24.1 Å². The van der Waals surface area contributed by atoms with E-state index >= 15 is 0 Å². The van der Waals surface area contributed by atoms with Crippen molar-refractivity contribution in [2.75, 3.05) is 35.7 Å². The molecule has 1 N–H and O–H groups in total. The van der Waals surface area contributed by atoms with E-state index < -0.39 is 0 Å². The van der Waals surface area contributed by atoms with Crippen molar-refractivity contribution in [3.63, 3.8) is 0 Å². The minimum absolute atomic E-state index is 0.0440. The summed E-state index contributed by atoms with van der Waals surface area (Å²) in [6, 6.07) is 11.9. The van der Waals surface area contributed by atoms with Gasteiger partial charge in [0.25, 0.3) is 5.91 Å². The molecule has 2 aromatic rings. The van der Waals surface area contributed by atoms with Crippen LogP contribution < -0.4 is 5.32 Å². The molecular weight excluding hydrogens is 395 g/mol. The topological polar surface area (TPSA) is 49.4 Å². The monoisotopic (exact) mass is 418 g/mol. The van der Waals surface area contributed by atoms with Crippen molar-refractivity contribution in [3.05, 3.63) is 59.4 Å². The van der Waals surface area contributed by atoms with E-state index in [4.69, 9.17) is 0 Å². The first-order chi connectivity index (χ1) is 13.5. The second-order valence-corrected chi connectivity index (χ2v) is 8.87. The predicted molar refractivity (Wildman–Crippen MR) is 115 cm³/mol. The van der Waals surface area contributed by atoms with Crippen LogP contribution in [0.1, 0.15) is 22.3 Å². The number of thioether (sulfide) groups is 2. The quantitative estimate of drug-likeness (QED) is 0.705. The number of carbonyl (C=O) groups is 2. The van der Waals surface area contributed by atoms with Gasteiger partial charge in [-0.05, 0) is 42.8 Å². The fourth-order valence-electron chi connectivity index (χ4n) is 2.91. The van der Waals surface area contributed by atoms with E-state index in [1.54, 1.807) is 30.3 Å². The molecule has 3 rings (SSSR count). The van der Waals surface area contributed by atoms with Crippen LogP contribution >= 0.6 is 23.5 Å². The minimum atomic E-state index is -0.267. The number of anilines is 1. The molecule has 1 fully saturated rings. The third-order valence-corrected chi connectivity index (χ3v) is 6.46. The fourth-order valence-corrected chi connectivity index (χ4v) is 4.71. The van der Waals surface area contributed by atoms with Gasteiger partial charge < -0.3 is 10.2 Å². The molecule has 0 bridgehead atoms. The van der Waals surface area contributed by atoms with E-state index in [2.05, 4.69) is 5.32 Å². The van der Waals surface area contributed by atoms with Crippen LogP contribution in [0.2, 0.25) is 0 Å². The summed E-state index contributed by atoms with van der Waals surface area (Å²) in [6.07, 6.45) is 0.282. The normalized spacial score (nSPS) is 14.0. The van der Waals surface area contributed by atoms with Crippen molar-refractivity contribution in [2.45, 2.75) is 18.2 Å². The van der Waals surface area contributed by atoms with E-state index in [1.807, 2.05) is 29.7 Å². The van der Waals surface area contributed by atoms with E-state index in [0.717, 1.165) is 30.2 Å². The lowest BCUT2D eigenvalue weighted by atomic mass is 10.1. The summed E-state index contributed by atoms with van der Waals surface area (Å²) in [5.41, 5.74) is 2.21. The highest BCUT2D eigenvalue weighted by Crippen LogP contribution is 2.23. The summed E-state index contributed by atoms with van der Waals surface area (Å²) in [4.78, 5) is 27.2. The highest BCUT2D eigenvalue weighted by atomic mass is 32.2. The highest BCUT2D eigenvalue weighted by molar-refractivity contribution is 7.99. The predicted octanol–water partition coefficient (Wildman–Crippen LogP) is 4.44. The smallest absolute Gasteiger partial charge is 0.253 e. The van der Waals surface area contributed by atoms with Crippen molar-refractivity contribution >= 4 is 41.0 Å². The van der Waals surface area contributed by atoms with Gasteiger partial charge in [-0.2, -0.15) is 11.8 Å². The molecule has 4 nitrogen and oxygen atoms in total. The van der Waals surface area contributed by atoms with Crippen molar-refractivity contribution in [3.8, 4) is 0 Å². The summed E-state index contributed by atoms with van der Waals surface area (Å²) in [6.45, 7) is 3.44. The van der Waals surface area contributed by atoms with Crippen molar-refractivity contribution in [2.24, 2.45) is 0 Å². The van der Waals surface area contributed by atoms with Crippen LogP contribution in [-0.4, -0.2) is 47.1 Å². The standard InChI is InChI=1S/C21H23FN2O2S2/c1-15-14-16(21(26)24-9-12-27-13-10-24)6-7-18(15)23-20(25)8-11-28-19-5-3-2-4-17(19)22/h2-7,14H,8-13H2,1H3,(H,23,25). The van der Waals surface area contributed by atoms with E-state index in [1.165, 1.54) is 17.8 Å². The van der Waals surface area contributed by atoms with Gasteiger partial charge in [0, 0.05) is 52.9 Å². The molecule has 1 aliphatic heterocycles. The van der Waals surface area contributed by atoms with Gasteiger partial charge in [0.2, 0.25) is 5.91 Å². The van der Waals surface area contributed by atoms with Crippen molar-refractivity contribution in [1.29, 1.82) is 0 Å². The van der Waals surface area contributed by atoms with Crippen LogP contribution in [0, 0.1) is 12.7 Å². The lowest BCUT2D eigenvalue weighted by molar-refractivity contribution is -0.115. The van der Waals surface area contributed by atoms with Gasteiger partial charge in [0.15, 0.2) is 0 Å². The molecule has 1 saturated heterocycles. The Labute approximate surface area is 173 Å². The molecule has 1 aliphatic rings. The molecule has 148 valence electrons. The van der Waals surface area contributed by atoms with E-state index in [0.29, 0.717) is 21.9 Å². The van der Waals surface area contributed by atoms with Crippen LogP contribution in [0.15, 0.2) is 47.4 Å². The molecule has 28 heavy (non-hydrogen) atoms. The number of halogens is 1. The van der Waals surface area contributed by atoms with Crippen LogP contribution in [0.5, 0.6) is 0 Å². The first kappa shape index (κ1) is 20.7. The van der Waals surface area contributed by atoms with Gasteiger partial charge in [0.1, 0.15) is 5.82 Å². The molecule has 0 radical (unpaired) electrons. The molecule has 0 saturated carbocycles. The molecule has 1 heterocycles.